The molecular weight excluding hydrogens is 263 g/mol. The summed E-state index contributed by atoms with van der Waals surface area (Å²) in [6.45, 7) is 5.00. The van der Waals surface area contributed by atoms with E-state index >= 15 is 0 Å². The zero-order chi connectivity index (χ0) is 10.6. The molecule has 0 saturated carbocycles. The summed E-state index contributed by atoms with van der Waals surface area (Å²) in [5.74, 6) is 1.44. The molecule has 14 heavy (non-hydrogen) atoms. The minimum atomic E-state index is -0.123. The van der Waals surface area contributed by atoms with Gasteiger partial charge in [-0.3, -0.25) is 0 Å². The molecule has 0 aliphatic carbocycles. The highest BCUT2D eigenvalue weighted by molar-refractivity contribution is 9.09. The number of alkyl halides is 2. The minimum Gasteiger partial charge on any atom is -0.493 e. The average Bonchev–Trinajstić information content (AvgIpc) is 2.15. The van der Waals surface area contributed by atoms with E-state index in [4.69, 9.17) is 16.3 Å². The van der Waals surface area contributed by atoms with Gasteiger partial charge in [0.25, 0.3) is 0 Å². The van der Waals surface area contributed by atoms with Crippen LogP contribution in [0.25, 0.3) is 0 Å². The number of ether oxygens (including phenoxy) is 1. The largest absolute Gasteiger partial charge is 0.493 e. The van der Waals surface area contributed by atoms with Gasteiger partial charge < -0.3 is 4.74 Å². The third-order valence-corrected chi connectivity index (χ3v) is 2.50. The molecule has 1 aromatic carbocycles. The highest BCUT2D eigenvalue weighted by atomic mass is 79.9. The summed E-state index contributed by atoms with van der Waals surface area (Å²) in [4.78, 5) is 0. The van der Waals surface area contributed by atoms with Gasteiger partial charge in [0.15, 0.2) is 0 Å². The van der Waals surface area contributed by atoms with Crippen LogP contribution in [0.2, 0.25) is 0 Å². The van der Waals surface area contributed by atoms with Crippen molar-refractivity contribution in [2.24, 2.45) is 5.92 Å². The molecule has 0 fully saturated rings. The fraction of sp³-hybridized carbons (Fsp3) is 0.455. The first-order chi connectivity index (χ1) is 6.59. The molecule has 0 spiro atoms. The van der Waals surface area contributed by atoms with Gasteiger partial charge in [0.1, 0.15) is 10.0 Å². The Bertz CT molecular complexity index is 269. The van der Waals surface area contributed by atoms with Crippen LogP contribution in [0, 0.1) is 5.92 Å². The first-order valence-corrected chi connectivity index (χ1v) is 5.95. The van der Waals surface area contributed by atoms with Gasteiger partial charge in [-0.2, -0.15) is 0 Å². The van der Waals surface area contributed by atoms with E-state index in [0.29, 0.717) is 5.92 Å². The van der Waals surface area contributed by atoms with Crippen molar-refractivity contribution < 1.29 is 4.74 Å². The van der Waals surface area contributed by atoms with Crippen LogP contribution < -0.4 is 4.74 Å². The second-order valence-corrected chi connectivity index (χ2v) is 5.45. The van der Waals surface area contributed by atoms with Gasteiger partial charge in [-0.25, -0.2) is 0 Å². The van der Waals surface area contributed by atoms with Crippen LogP contribution >= 0.6 is 27.5 Å². The summed E-state index contributed by atoms with van der Waals surface area (Å²) >= 11 is 9.15. The van der Waals surface area contributed by atoms with Gasteiger partial charge in [0.05, 0.1) is 6.61 Å². The average molecular weight is 278 g/mol. The molecule has 0 amide bonds. The minimum absolute atomic E-state index is 0.123. The van der Waals surface area contributed by atoms with E-state index in [-0.39, 0.29) is 4.29 Å². The van der Waals surface area contributed by atoms with Gasteiger partial charge in [-0.05, 0) is 23.6 Å². The highest BCUT2D eigenvalue weighted by Crippen LogP contribution is 2.28. The van der Waals surface area contributed by atoms with Gasteiger partial charge >= 0.3 is 0 Å². The van der Waals surface area contributed by atoms with E-state index in [9.17, 15) is 0 Å². The Hall–Kier alpha value is -0.210. The molecule has 0 heterocycles. The Labute approximate surface area is 98.5 Å². The zero-order valence-electron chi connectivity index (χ0n) is 8.34. The zero-order valence-corrected chi connectivity index (χ0v) is 10.7. The van der Waals surface area contributed by atoms with Crippen LogP contribution in [0.1, 0.15) is 23.7 Å². The van der Waals surface area contributed by atoms with Crippen molar-refractivity contribution in [2.45, 2.75) is 18.1 Å². The van der Waals surface area contributed by atoms with E-state index in [1.54, 1.807) is 0 Å². The van der Waals surface area contributed by atoms with E-state index in [1.165, 1.54) is 0 Å². The normalized spacial score (nSPS) is 12.9. The van der Waals surface area contributed by atoms with Crippen molar-refractivity contribution in [2.75, 3.05) is 6.61 Å². The predicted molar refractivity (Wildman–Crippen MR) is 64.3 cm³/mol. The lowest BCUT2D eigenvalue weighted by molar-refractivity contribution is 0.271. The van der Waals surface area contributed by atoms with Crippen LogP contribution in [-0.2, 0) is 0 Å². The van der Waals surface area contributed by atoms with Crippen LogP contribution in [-0.4, -0.2) is 6.61 Å². The van der Waals surface area contributed by atoms with Gasteiger partial charge in [0, 0.05) is 0 Å². The van der Waals surface area contributed by atoms with Crippen molar-refractivity contribution in [1.82, 2.24) is 0 Å². The third-order valence-electron chi connectivity index (χ3n) is 1.72. The fourth-order valence-electron chi connectivity index (χ4n) is 0.972. The molecule has 0 saturated heterocycles. The molecule has 1 unspecified atom stereocenters. The summed E-state index contributed by atoms with van der Waals surface area (Å²) in [7, 11) is 0. The number of benzene rings is 1. The number of hydrogen-bond donors (Lipinski definition) is 0. The van der Waals surface area contributed by atoms with Crippen molar-refractivity contribution in [3.8, 4) is 5.75 Å². The number of hydrogen-bond acceptors (Lipinski definition) is 1. The molecule has 1 rings (SSSR count). The first kappa shape index (κ1) is 11.9. The molecule has 78 valence electrons. The van der Waals surface area contributed by atoms with Crippen molar-refractivity contribution in [1.29, 1.82) is 0 Å². The molecule has 0 aliphatic rings. The summed E-state index contributed by atoms with van der Waals surface area (Å²) < 4.78 is 5.42. The maximum atomic E-state index is 5.86. The predicted octanol–water partition coefficient (Wildman–Crippen LogP) is 4.35. The lowest BCUT2D eigenvalue weighted by Gasteiger charge is -2.09. The van der Waals surface area contributed by atoms with Gasteiger partial charge in [-0.15, -0.1) is 11.6 Å². The highest BCUT2D eigenvalue weighted by Gasteiger charge is 2.02. The lowest BCUT2D eigenvalue weighted by Crippen LogP contribution is -2.04. The lowest BCUT2D eigenvalue weighted by atomic mass is 10.2. The van der Waals surface area contributed by atoms with E-state index in [0.717, 1.165) is 17.9 Å². The smallest absolute Gasteiger partial charge is 0.119 e. The molecule has 0 bridgehead atoms. The molecule has 0 aromatic heterocycles. The Balaban J connectivity index is 2.55. The quantitative estimate of drug-likeness (QED) is 0.743. The molecule has 1 atom stereocenters. The molecule has 3 heteroatoms. The maximum absolute atomic E-state index is 5.86. The van der Waals surface area contributed by atoms with Crippen molar-refractivity contribution >= 4 is 27.5 Å². The fourth-order valence-corrected chi connectivity index (χ4v) is 1.42. The third kappa shape index (κ3) is 3.89. The maximum Gasteiger partial charge on any atom is 0.119 e. The Morgan fingerprint density at radius 1 is 1.29 bits per heavy atom. The molecule has 0 aliphatic heterocycles. The Morgan fingerprint density at radius 3 is 2.29 bits per heavy atom. The summed E-state index contributed by atoms with van der Waals surface area (Å²) in [6.07, 6.45) is 0. The van der Waals surface area contributed by atoms with E-state index < -0.39 is 0 Å². The van der Waals surface area contributed by atoms with Crippen LogP contribution in [0.5, 0.6) is 5.75 Å². The van der Waals surface area contributed by atoms with Crippen molar-refractivity contribution in [3.05, 3.63) is 29.8 Å². The second kappa shape index (κ2) is 5.62. The second-order valence-electron chi connectivity index (χ2n) is 3.57. The van der Waals surface area contributed by atoms with Gasteiger partial charge in [0.2, 0.25) is 0 Å². The summed E-state index contributed by atoms with van der Waals surface area (Å²) in [5, 5.41) is 0. The van der Waals surface area contributed by atoms with Crippen LogP contribution in [0.3, 0.4) is 0 Å². The molecule has 0 radical (unpaired) electrons. The SMILES string of the molecule is CC(C)COc1ccc(C(Cl)Br)cc1. The van der Waals surface area contributed by atoms with E-state index in [1.807, 2.05) is 24.3 Å². The standard InChI is InChI=1S/C11H14BrClO/c1-8(2)7-14-10-5-3-9(4-6-10)11(12)13/h3-6,8,11H,7H2,1-2H3. The monoisotopic (exact) mass is 276 g/mol. The molecule has 1 nitrogen and oxygen atoms in total. The van der Waals surface area contributed by atoms with Gasteiger partial charge in [-0.1, -0.05) is 41.9 Å². The van der Waals surface area contributed by atoms with Crippen LogP contribution in [0.4, 0.5) is 0 Å². The number of rotatable bonds is 4. The Morgan fingerprint density at radius 2 is 1.86 bits per heavy atom. The first-order valence-electron chi connectivity index (χ1n) is 4.60. The molecule has 0 N–H and O–H groups in total. The summed E-state index contributed by atoms with van der Waals surface area (Å²) in [6, 6.07) is 7.80. The Kier molecular flexibility index (Phi) is 4.76. The molecular formula is C11H14BrClO. The number of halogens is 2. The summed E-state index contributed by atoms with van der Waals surface area (Å²) in [5.41, 5.74) is 1.04. The van der Waals surface area contributed by atoms with E-state index in [2.05, 4.69) is 29.8 Å². The van der Waals surface area contributed by atoms with Crippen molar-refractivity contribution in [3.63, 3.8) is 0 Å². The topological polar surface area (TPSA) is 9.23 Å². The van der Waals surface area contributed by atoms with Crippen LogP contribution in [0.15, 0.2) is 24.3 Å². The molecule has 1 aromatic rings.